The van der Waals surface area contributed by atoms with Gasteiger partial charge in [0.15, 0.2) is 0 Å². The van der Waals surface area contributed by atoms with Gasteiger partial charge < -0.3 is 0 Å². The van der Waals surface area contributed by atoms with E-state index in [9.17, 15) is 0 Å². The second-order valence-electron chi connectivity index (χ2n) is 4.35. The van der Waals surface area contributed by atoms with E-state index in [1.807, 2.05) is 0 Å². The predicted molar refractivity (Wildman–Crippen MR) is 64.6 cm³/mol. The molecule has 3 rings (SSSR count). The third-order valence-corrected chi connectivity index (χ3v) is 4.81. The molecule has 3 aliphatic carbocycles. The van der Waals surface area contributed by atoms with Crippen LogP contribution >= 0.6 is 0 Å². The van der Waals surface area contributed by atoms with Gasteiger partial charge in [-0.05, 0) is 0 Å². The Bertz CT molecular complexity index is 444. The Morgan fingerprint density at radius 1 is 1.12 bits per heavy atom. The van der Waals surface area contributed by atoms with E-state index < -0.39 is 0 Å². The van der Waals surface area contributed by atoms with Crippen molar-refractivity contribution in [2.24, 2.45) is 0 Å². The molecule has 0 radical (unpaired) electrons. The fraction of sp³-hybridized carbons (Fsp3) is 0.333. The number of rotatable bonds is 3. The Hall–Kier alpha value is -0.781. The molecule has 84 valence electrons. The second-order valence-corrected chi connectivity index (χ2v) is 6.00. The average molecular weight is 252 g/mol. The van der Waals surface area contributed by atoms with Crippen molar-refractivity contribution in [3.05, 3.63) is 56.5 Å². The van der Waals surface area contributed by atoms with Crippen molar-refractivity contribution in [2.75, 3.05) is 0 Å². The molecular formula is C15H16Fe. The van der Waals surface area contributed by atoms with E-state index in [1.165, 1.54) is 40.6 Å². The topological polar surface area (TPSA) is 0 Å². The van der Waals surface area contributed by atoms with E-state index in [1.54, 1.807) is 20.1 Å². The van der Waals surface area contributed by atoms with E-state index >= 15 is 0 Å². The van der Waals surface area contributed by atoms with Gasteiger partial charge in [0.1, 0.15) is 0 Å². The summed E-state index contributed by atoms with van der Waals surface area (Å²) in [4.78, 5) is 0. The molecule has 0 amide bonds. The van der Waals surface area contributed by atoms with Crippen molar-refractivity contribution in [1.82, 2.24) is 0 Å². The first-order chi connectivity index (χ1) is 7.93. The molecule has 16 heavy (non-hydrogen) atoms. The molecule has 0 bridgehead atoms. The molecule has 0 nitrogen and oxygen atoms in total. The zero-order valence-corrected chi connectivity index (χ0v) is 10.5. The van der Waals surface area contributed by atoms with Crippen molar-refractivity contribution < 1.29 is 15.0 Å². The van der Waals surface area contributed by atoms with Crippen LogP contribution in [-0.4, -0.2) is 0 Å². The SMILES string of the molecule is C1=CC[C]([Fe][C]2=C(C3=CCCC3)C=CC2)=C1. The van der Waals surface area contributed by atoms with Crippen molar-refractivity contribution >= 4 is 0 Å². The first-order valence-electron chi connectivity index (χ1n) is 6.00. The first kappa shape index (κ1) is 10.4. The van der Waals surface area contributed by atoms with Gasteiger partial charge in [-0.15, -0.1) is 0 Å². The third-order valence-electron chi connectivity index (χ3n) is 3.19. The Morgan fingerprint density at radius 3 is 2.88 bits per heavy atom. The Morgan fingerprint density at radius 2 is 2.12 bits per heavy atom. The molecule has 0 aromatic rings. The summed E-state index contributed by atoms with van der Waals surface area (Å²) in [6.07, 6.45) is 20.1. The Kier molecular flexibility index (Phi) is 2.99. The molecule has 1 heteroatoms. The summed E-state index contributed by atoms with van der Waals surface area (Å²) in [5.74, 6) is 0. The van der Waals surface area contributed by atoms with Crippen molar-refractivity contribution in [3.63, 3.8) is 0 Å². The molecule has 0 aromatic heterocycles. The van der Waals surface area contributed by atoms with Gasteiger partial charge in [0.25, 0.3) is 0 Å². The van der Waals surface area contributed by atoms with E-state index in [0.29, 0.717) is 0 Å². The molecule has 0 atom stereocenters. The van der Waals surface area contributed by atoms with Gasteiger partial charge in [0, 0.05) is 0 Å². The number of allylic oxidation sites excluding steroid dienone is 10. The van der Waals surface area contributed by atoms with Gasteiger partial charge in [-0.3, -0.25) is 0 Å². The molecule has 0 N–H and O–H groups in total. The summed E-state index contributed by atoms with van der Waals surface area (Å²) < 4.78 is 3.22. The summed E-state index contributed by atoms with van der Waals surface area (Å²) in [6.45, 7) is 0. The zero-order chi connectivity index (χ0) is 10.8. The normalized spacial score (nSPS) is 23.5. The molecule has 0 aromatic carbocycles. The van der Waals surface area contributed by atoms with Crippen LogP contribution in [0.5, 0.6) is 0 Å². The minimum absolute atomic E-state index is 1.16. The Labute approximate surface area is 104 Å². The van der Waals surface area contributed by atoms with E-state index in [0.717, 1.165) is 6.42 Å². The fourth-order valence-electron chi connectivity index (χ4n) is 2.37. The van der Waals surface area contributed by atoms with Gasteiger partial charge in [0.2, 0.25) is 0 Å². The summed E-state index contributed by atoms with van der Waals surface area (Å²) in [5, 5.41) is 0. The van der Waals surface area contributed by atoms with Crippen molar-refractivity contribution in [3.8, 4) is 0 Å². The molecule has 0 saturated heterocycles. The zero-order valence-electron chi connectivity index (χ0n) is 9.35. The van der Waals surface area contributed by atoms with E-state index in [2.05, 4.69) is 36.5 Å². The van der Waals surface area contributed by atoms with Crippen LogP contribution < -0.4 is 0 Å². The second kappa shape index (κ2) is 4.61. The molecular weight excluding hydrogens is 236 g/mol. The number of hydrogen-bond acceptors (Lipinski definition) is 0. The standard InChI is InChI=1S/C10H11.C5H5.Fe/c1-2-6-9(5-1)10-7-3-4-8-10;1-2-4-5-3-1;/h1,5,7H,2-4,8H2;1-3H,4H2;. The molecule has 0 unspecified atom stereocenters. The maximum atomic E-state index is 2.44. The number of hydrogen-bond donors (Lipinski definition) is 0. The van der Waals surface area contributed by atoms with Crippen LogP contribution in [0.15, 0.2) is 56.5 Å². The summed E-state index contributed by atoms with van der Waals surface area (Å²) in [7, 11) is 0. The summed E-state index contributed by atoms with van der Waals surface area (Å²) in [6, 6.07) is 0. The van der Waals surface area contributed by atoms with Crippen molar-refractivity contribution in [1.29, 1.82) is 0 Å². The van der Waals surface area contributed by atoms with Crippen LogP contribution in [0.4, 0.5) is 0 Å². The quantitative estimate of drug-likeness (QED) is 0.659. The van der Waals surface area contributed by atoms with Crippen LogP contribution in [0.1, 0.15) is 32.1 Å². The summed E-state index contributed by atoms with van der Waals surface area (Å²) in [5.41, 5.74) is 3.17. The van der Waals surface area contributed by atoms with Gasteiger partial charge >= 0.3 is 104 Å². The molecule has 3 aliphatic rings. The average Bonchev–Trinajstić information content (AvgIpc) is 2.98. The minimum atomic E-state index is 1.16. The van der Waals surface area contributed by atoms with Gasteiger partial charge in [0.05, 0.1) is 0 Å². The van der Waals surface area contributed by atoms with Crippen molar-refractivity contribution in [2.45, 2.75) is 32.1 Å². The van der Waals surface area contributed by atoms with Crippen LogP contribution in [-0.2, 0) is 15.0 Å². The monoisotopic (exact) mass is 252 g/mol. The Balaban J connectivity index is 1.79. The summed E-state index contributed by atoms with van der Waals surface area (Å²) >= 11 is 1.19. The predicted octanol–water partition coefficient (Wildman–Crippen LogP) is 4.24. The van der Waals surface area contributed by atoms with Gasteiger partial charge in [-0.25, -0.2) is 0 Å². The van der Waals surface area contributed by atoms with Crippen LogP contribution in [0.2, 0.25) is 0 Å². The van der Waals surface area contributed by atoms with Gasteiger partial charge in [-0.1, -0.05) is 0 Å². The molecule has 0 fully saturated rings. The fourth-order valence-corrected chi connectivity index (χ4v) is 3.90. The molecule has 0 saturated carbocycles. The third kappa shape index (κ3) is 2.03. The van der Waals surface area contributed by atoms with E-state index in [-0.39, 0.29) is 0 Å². The maximum absolute atomic E-state index is 2.44. The molecule has 0 aliphatic heterocycles. The first-order valence-corrected chi connectivity index (χ1v) is 7.11. The van der Waals surface area contributed by atoms with Gasteiger partial charge in [-0.2, -0.15) is 0 Å². The molecule has 0 heterocycles. The van der Waals surface area contributed by atoms with Crippen LogP contribution in [0.25, 0.3) is 0 Å². The molecule has 0 spiro atoms. The van der Waals surface area contributed by atoms with E-state index in [4.69, 9.17) is 0 Å². The van der Waals surface area contributed by atoms with Crippen LogP contribution in [0.3, 0.4) is 0 Å². The van der Waals surface area contributed by atoms with Crippen LogP contribution in [0, 0.1) is 0 Å².